The van der Waals surface area contributed by atoms with E-state index in [0.29, 0.717) is 33.5 Å². The number of carboxylic acids is 1. The minimum atomic E-state index is -1.13. The normalized spacial score (nSPS) is 11.0. The summed E-state index contributed by atoms with van der Waals surface area (Å²) in [6.07, 6.45) is 1.47. The number of aromatic nitrogens is 3. The molecule has 0 fully saturated rings. The van der Waals surface area contributed by atoms with Gasteiger partial charge in [-0.15, -0.1) is 5.10 Å². The number of carbonyl (C=O) groups is 1. The molecule has 1 heterocycles. The topological polar surface area (TPSA) is 121 Å². The Balaban J connectivity index is 1.85. The summed E-state index contributed by atoms with van der Waals surface area (Å²) >= 11 is 6.94. The smallest absolute Gasteiger partial charge is 0.342 e. The average Bonchev–Trinajstić information content (AvgIpc) is 3.20. The number of hydrogen-bond acceptors (Lipinski definition) is 7. The first-order chi connectivity index (χ1) is 14.5. The number of nitrogens with zero attached hydrogens (tertiary/aromatic N) is 3. The number of rotatable bonds is 8. The second-order valence-electron chi connectivity index (χ2n) is 5.75. The van der Waals surface area contributed by atoms with Gasteiger partial charge in [-0.05, 0) is 53.7 Å². The molecule has 3 aromatic rings. The molecule has 152 valence electrons. The van der Waals surface area contributed by atoms with Gasteiger partial charge in [-0.1, -0.05) is 23.7 Å². The first kappa shape index (κ1) is 21.2. The first-order valence-corrected chi connectivity index (χ1v) is 9.68. The van der Waals surface area contributed by atoms with Gasteiger partial charge >= 0.3 is 5.97 Å². The Bertz CT molecular complexity index is 1140. The maximum Gasteiger partial charge on any atom is 0.342 e. The van der Waals surface area contributed by atoms with Crippen molar-refractivity contribution in [1.29, 1.82) is 5.26 Å². The van der Waals surface area contributed by atoms with E-state index in [1.54, 1.807) is 42.5 Å². The van der Waals surface area contributed by atoms with E-state index in [2.05, 4.69) is 15.2 Å². The van der Waals surface area contributed by atoms with Crippen molar-refractivity contribution in [2.75, 3.05) is 13.7 Å². The lowest BCUT2D eigenvalue weighted by molar-refractivity contribution is -0.131. The Labute approximate surface area is 181 Å². The molecule has 0 radical (unpaired) electrons. The fourth-order valence-electron chi connectivity index (χ4n) is 2.47. The number of ether oxygens (including phenoxy) is 2. The standard InChI is InChI=1S/C20H15ClN4O4S/c1-28-16-6-5-13(21)11-15(16)18-23-20(25-24-18)30-17(19(26)27)10-12-3-2-4-14(9-12)29-8-7-22/h2-6,9-11H,8H2,1H3,(H,26,27)(H,23,24,25)/b17-10-. The van der Waals surface area contributed by atoms with Crippen molar-refractivity contribution in [2.45, 2.75) is 5.16 Å². The van der Waals surface area contributed by atoms with Crippen LogP contribution in [0, 0.1) is 11.3 Å². The molecule has 0 saturated heterocycles. The van der Waals surface area contributed by atoms with Crippen molar-refractivity contribution in [3.05, 3.63) is 58.0 Å². The van der Waals surface area contributed by atoms with Crippen LogP contribution in [0.1, 0.15) is 5.56 Å². The van der Waals surface area contributed by atoms with Gasteiger partial charge in [0.1, 0.15) is 22.5 Å². The number of methoxy groups -OCH3 is 1. The molecule has 0 spiro atoms. The molecule has 0 aliphatic rings. The Morgan fingerprint density at radius 2 is 2.20 bits per heavy atom. The Morgan fingerprint density at radius 1 is 1.37 bits per heavy atom. The highest BCUT2D eigenvalue weighted by Crippen LogP contribution is 2.33. The van der Waals surface area contributed by atoms with E-state index in [1.165, 1.54) is 13.2 Å². The Kier molecular flexibility index (Phi) is 6.95. The van der Waals surface area contributed by atoms with Crippen molar-refractivity contribution in [3.8, 4) is 29.0 Å². The summed E-state index contributed by atoms with van der Waals surface area (Å²) in [7, 11) is 1.53. The summed E-state index contributed by atoms with van der Waals surface area (Å²) in [6.45, 7) is -0.0966. The third-order valence-electron chi connectivity index (χ3n) is 3.75. The molecule has 0 aliphatic carbocycles. The number of nitrogens with one attached hydrogen (secondary N) is 1. The Morgan fingerprint density at radius 3 is 2.93 bits per heavy atom. The highest BCUT2D eigenvalue weighted by molar-refractivity contribution is 8.04. The van der Waals surface area contributed by atoms with Crippen LogP contribution in [0.5, 0.6) is 11.5 Å². The van der Waals surface area contributed by atoms with Gasteiger partial charge in [-0.25, -0.2) is 9.78 Å². The monoisotopic (exact) mass is 442 g/mol. The van der Waals surface area contributed by atoms with Gasteiger partial charge in [0.15, 0.2) is 12.4 Å². The summed E-state index contributed by atoms with van der Waals surface area (Å²) in [4.78, 5) is 16.1. The first-order valence-electron chi connectivity index (χ1n) is 8.49. The van der Waals surface area contributed by atoms with E-state index in [-0.39, 0.29) is 16.7 Å². The van der Waals surface area contributed by atoms with E-state index >= 15 is 0 Å². The number of nitriles is 1. The van der Waals surface area contributed by atoms with Crippen molar-refractivity contribution in [2.24, 2.45) is 0 Å². The number of thioether (sulfide) groups is 1. The molecule has 0 unspecified atom stereocenters. The lowest BCUT2D eigenvalue weighted by atomic mass is 10.2. The predicted molar refractivity (Wildman–Crippen MR) is 112 cm³/mol. The SMILES string of the molecule is COc1ccc(Cl)cc1-c1nc(S/C(=C\c2cccc(OCC#N)c2)C(=O)O)n[nH]1. The highest BCUT2D eigenvalue weighted by atomic mass is 35.5. The van der Waals surface area contributed by atoms with Crippen molar-refractivity contribution in [3.63, 3.8) is 0 Å². The molecule has 0 atom stereocenters. The van der Waals surface area contributed by atoms with E-state index in [1.807, 2.05) is 6.07 Å². The van der Waals surface area contributed by atoms with Crippen LogP contribution in [0.4, 0.5) is 0 Å². The highest BCUT2D eigenvalue weighted by Gasteiger charge is 2.16. The minimum absolute atomic E-state index is 0.0102. The van der Waals surface area contributed by atoms with Crippen LogP contribution < -0.4 is 9.47 Å². The lowest BCUT2D eigenvalue weighted by Gasteiger charge is -2.05. The summed E-state index contributed by atoms with van der Waals surface area (Å²) in [6, 6.07) is 13.7. The van der Waals surface area contributed by atoms with Crippen molar-refractivity contribution >= 4 is 35.4 Å². The fourth-order valence-corrected chi connectivity index (χ4v) is 3.35. The number of carboxylic acid groups (broad SMARTS) is 1. The average molecular weight is 443 g/mol. The van der Waals surface area contributed by atoms with Gasteiger partial charge in [0.05, 0.1) is 12.7 Å². The fraction of sp³-hybridized carbons (Fsp3) is 0.100. The van der Waals surface area contributed by atoms with Gasteiger partial charge in [-0.2, -0.15) is 5.26 Å². The van der Waals surface area contributed by atoms with E-state index in [0.717, 1.165) is 11.8 Å². The zero-order valence-corrected chi connectivity index (χ0v) is 17.2. The third-order valence-corrected chi connectivity index (χ3v) is 4.87. The molecular weight excluding hydrogens is 428 g/mol. The molecule has 30 heavy (non-hydrogen) atoms. The minimum Gasteiger partial charge on any atom is -0.496 e. The number of aliphatic carboxylic acids is 1. The van der Waals surface area contributed by atoms with Crippen LogP contribution in [0.2, 0.25) is 5.02 Å². The molecule has 0 amide bonds. The Hall–Kier alpha value is -3.48. The van der Waals surface area contributed by atoms with Crippen LogP contribution >= 0.6 is 23.4 Å². The van der Waals surface area contributed by atoms with Crippen LogP contribution in [0.3, 0.4) is 0 Å². The second kappa shape index (κ2) is 9.82. The van der Waals surface area contributed by atoms with E-state index < -0.39 is 5.97 Å². The van der Waals surface area contributed by atoms with Crippen LogP contribution in [-0.2, 0) is 4.79 Å². The molecule has 10 heteroatoms. The van der Waals surface area contributed by atoms with Crippen molar-refractivity contribution < 1.29 is 19.4 Å². The number of benzene rings is 2. The third kappa shape index (κ3) is 5.31. The summed E-state index contributed by atoms with van der Waals surface area (Å²) in [5.41, 5.74) is 1.20. The quantitative estimate of drug-likeness (QED) is 0.392. The number of hydrogen-bond donors (Lipinski definition) is 2. The molecule has 3 rings (SSSR count). The van der Waals surface area contributed by atoms with Crippen LogP contribution in [0.15, 0.2) is 52.5 Å². The molecule has 2 aromatic carbocycles. The van der Waals surface area contributed by atoms with E-state index in [4.69, 9.17) is 26.3 Å². The summed E-state index contributed by atoms with van der Waals surface area (Å²) in [5, 5.41) is 25.8. The summed E-state index contributed by atoms with van der Waals surface area (Å²) in [5.74, 6) is 0.284. The zero-order valence-electron chi connectivity index (χ0n) is 15.6. The lowest BCUT2D eigenvalue weighted by Crippen LogP contribution is -1.98. The van der Waals surface area contributed by atoms with Gasteiger partial charge in [0.25, 0.3) is 0 Å². The van der Waals surface area contributed by atoms with Crippen LogP contribution in [-0.4, -0.2) is 40.0 Å². The zero-order chi connectivity index (χ0) is 21.5. The van der Waals surface area contributed by atoms with Gasteiger partial charge in [0, 0.05) is 5.02 Å². The molecule has 0 bridgehead atoms. The largest absolute Gasteiger partial charge is 0.496 e. The second-order valence-corrected chi connectivity index (χ2v) is 7.19. The maximum absolute atomic E-state index is 11.7. The molecule has 0 aliphatic heterocycles. The predicted octanol–water partition coefficient (Wildman–Crippen LogP) is 4.25. The van der Waals surface area contributed by atoms with Crippen molar-refractivity contribution in [1.82, 2.24) is 15.2 Å². The molecule has 1 aromatic heterocycles. The van der Waals surface area contributed by atoms with Gasteiger partial charge in [-0.3, -0.25) is 5.10 Å². The van der Waals surface area contributed by atoms with Gasteiger partial charge in [0.2, 0.25) is 5.16 Å². The molecule has 0 saturated carbocycles. The molecular formula is C20H15ClN4O4S. The van der Waals surface area contributed by atoms with Gasteiger partial charge < -0.3 is 14.6 Å². The molecule has 2 N–H and O–H groups in total. The van der Waals surface area contributed by atoms with Crippen LogP contribution in [0.25, 0.3) is 17.5 Å². The number of H-pyrrole nitrogens is 1. The molecule has 8 nitrogen and oxygen atoms in total. The number of halogens is 1. The summed E-state index contributed by atoms with van der Waals surface area (Å²) < 4.78 is 10.6. The maximum atomic E-state index is 11.7. The van der Waals surface area contributed by atoms with E-state index in [9.17, 15) is 9.90 Å². The number of aromatic amines is 1.